The highest BCUT2D eigenvalue weighted by atomic mass is 35.5. The summed E-state index contributed by atoms with van der Waals surface area (Å²) in [5.41, 5.74) is 2.80. The molecule has 1 saturated heterocycles. The van der Waals surface area contributed by atoms with Gasteiger partial charge in [0, 0.05) is 48.1 Å². The first-order valence-corrected chi connectivity index (χ1v) is 10.8. The molecule has 1 aliphatic heterocycles. The second kappa shape index (κ2) is 9.44. The fourth-order valence-electron chi connectivity index (χ4n) is 4.06. The van der Waals surface area contributed by atoms with Crippen molar-refractivity contribution in [2.24, 2.45) is 5.92 Å². The van der Waals surface area contributed by atoms with Gasteiger partial charge in [-0.25, -0.2) is 4.79 Å². The molecule has 2 amide bonds. The Kier molecular flexibility index (Phi) is 6.46. The molecule has 1 aliphatic rings. The fraction of sp³-hybridized carbons (Fsp3) is 0.292. The van der Waals surface area contributed by atoms with E-state index in [4.69, 9.17) is 16.3 Å². The smallest absolute Gasteiger partial charge is 0.328 e. The van der Waals surface area contributed by atoms with Crippen LogP contribution >= 0.6 is 11.6 Å². The number of esters is 1. The minimum Gasteiger partial charge on any atom is -0.467 e. The molecule has 166 valence electrons. The van der Waals surface area contributed by atoms with Crippen LogP contribution in [0.3, 0.4) is 0 Å². The molecule has 0 spiro atoms. The van der Waals surface area contributed by atoms with Crippen LogP contribution in [0.2, 0.25) is 5.02 Å². The van der Waals surface area contributed by atoms with Gasteiger partial charge in [-0.05, 0) is 29.3 Å². The number of hydrogen-bond acceptors (Lipinski definition) is 4. The number of likely N-dealkylation sites (tertiary alicyclic amines) is 1. The Balaban J connectivity index is 1.42. The van der Waals surface area contributed by atoms with Crippen molar-refractivity contribution in [2.75, 3.05) is 13.7 Å². The number of carbonyl (C=O) groups is 3. The molecule has 0 bridgehead atoms. The molecule has 2 N–H and O–H groups in total. The molecule has 0 radical (unpaired) electrons. The number of methoxy groups -OCH3 is 1. The summed E-state index contributed by atoms with van der Waals surface area (Å²) in [6.07, 6.45) is 2.23. The maximum absolute atomic E-state index is 12.9. The number of hydrogen-bond donors (Lipinski definition) is 2. The van der Waals surface area contributed by atoms with E-state index in [9.17, 15) is 14.4 Å². The molecular formula is C24H24ClN3O4. The van der Waals surface area contributed by atoms with Gasteiger partial charge in [-0.2, -0.15) is 0 Å². The third-order valence-electron chi connectivity index (χ3n) is 5.77. The topological polar surface area (TPSA) is 91.5 Å². The highest BCUT2D eigenvalue weighted by Gasteiger charge is 2.36. The highest BCUT2D eigenvalue weighted by Crippen LogP contribution is 2.23. The van der Waals surface area contributed by atoms with Gasteiger partial charge < -0.3 is 19.9 Å². The van der Waals surface area contributed by atoms with E-state index in [1.807, 2.05) is 42.6 Å². The van der Waals surface area contributed by atoms with Crippen LogP contribution in [0.25, 0.3) is 10.9 Å². The van der Waals surface area contributed by atoms with Crippen LogP contribution in [-0.4, -0.2) is 47.4 Å². The lowest BCUT2D eigenvalue weighted by atomic mass is 10.0. The van der Waals surface area contributed by atoms with E-state index in [-0.39, 0.29) is 24.7 Å². The first-order chi connectivity index (χ1) is 15.4. The summed E-state index contributed by atoms with van der Waals surface area (Å²) in [7, 11) is 1.30. The molecule has 1 aromatic heterocycles. The number of nitrogens with zero attached hydrogens (tertiary/aromatic N) is 1. The van der Waals surface area contributed by atoms with Gasteiger partial charge in [-0.15, -0.1) is 0 Å². The van der Waals surface area contributed by atoms with Gasteiger partial charge >= 0.3 is 5.97 Å². The van der Waals surface area contributed by atoms with Crippen molar-refractivity contribution in [3.63, 3.8) is 0 Å². The second-order valence-electron chi connectivity index (χ2n) is 7.95. The van der Waals surface area contributed by atoms with Gasteiger partial charge in [-0.3, -0.25) is 9.59 Å². The largest absolute Gasteiger partial charge is 0.467 e. The van der Waals surface area contributed by atoms with Crippen molar-refractivity contribution in [2.45, 2.75) is 25.4 Å². The molecule has 2 atom stereocenters. The summed E-state index contributed by atoms with van der Waals surface area (Å²) in [5, 5.41) is 4.42. The lowest BCUT2D eigenvalue weighted by Gasteiger charge is -2.19. The standard InChI is InChI=1S/C24H24ClN3O4/c1-32-24(31)21(10-16-12-26-20-5-3-2-4-19(16)20)27-23(30)17-11-22(29)28(14-17)13-15-6-8-18(25)9-7-15/h2-9,12,17,21,26H,10-11,13-14H2,1H3,(H,27,30)/t17-,21+/m0/s1. The Hall–Kier alpha value is -3.32. The first kappa shape index (κ1) is 21.9. The lowest BCUT2D eigenvalue weighted by molar-refractivity contribution is -0.145. The molecule has 4 rings (SSSR count). The van der Waals surface area contributed by atoms with Crippen LogP contribution in [0.15, 0.2) is 54.7 Å². The van der Waals surface area contributed by atoms with Crippen molar-refractivity contribution >= 4 is 40.3 Å². The third-order valence-corrected chi connectivity index (χ3v) is 6.03. The molecule has 3 aromatic rings. The number of carbonyl (C=O) groups excluding carboxylic acids is 3. The van der Waals surface area contributed by atoms with Crippen molar-refractivity contribution in [3.05, 3.63) is 70.9 Å². The number of fused-ring (bicyclic) bond motifs is 1. The molecule has 1 fully saturated rings. The maximum Gasteiger partial charge on any atom is 0.328 e. The normalized spacial score (nSPS) is 16.9. The van der Waals surface area contributed by atoms with Crippen LogP contribution in [0.4, 0.5) is 0 Å². The zero-order valence-corrected chi connectivity index (χ0v) is 18.4. The number of halogens is 1. The number of nitrogens with one attached hydrogen (secondary N) is 2. The molecule has 8 heteroatoms. The summed E-state index contributed by atoms with van der Waals surface area (Å²) in [6, 6.07) is 14.2. The summed E-state index contributed by atoms with van der Waals surface area (Å²) in [4.78, 5) is 42.6. The van der Waals surface area contributed by atoms with Crippen LogP contribution in [0.1, 0.15) is 17.5 Å². The summed E-state index contributed by atoms with van der Waals surface area (Å²) in [5.74, 6) is -1.46. The Morgan fingerprint density at radius 1 is 1.22 bits per heavy atom. The molecule has 0 unspecified atom stereocenters. The van der Waals surface area contributed by atoms with Crippen LogP contribution in [-0.2, 0) is 32.1 Å². The van der Waals surface area contributed by atoms with Gasteiger partial charge in [0.05, 0.1) is 13.0 Å². The monoisotopic (exact) mass is 453 g/mol. The average molecular weight is 454 g/mol. The van der Waals surface area contributed by atoms with E-state index in [2.05, 4.69) is 10.3 Å². The number of benzene rings is 2. The van der Waals surface area contributed by atoms with Crippen molar-refractivity contribution in [1.29, 1.82) is 0 Å². The van der Waals surface area contributed by atoms with E-state index in [0.717, 1.165) is 22.0 Å². The maximum atomic E-state index is 12.9. The van der Waals surface area contributed by atoms with Crippen molar-refractivity contribution in [3.8, 4) is 0 Å². The molecule has 7 nitrogen and oxygen atoms in total. The van der Waals surface area contributed by atoms with E-state index >= 15 is 0 Å². The van der Waals surface area contributed by atoms with Gasteiger partial charge in [0.2, 0.25) is 11.8 Å². The zero-order chi connectivity index (χ0) is 22.7. The molecule has 32 heavy (non-hydrogen) atoms. The fourth-order valence-corrected chi connectivity index (χ4v) is 4.18. The number of amides is 2. The number of para-hydroxylation sites is 1. The highest BCUT2D eigenvalue weighted by molar-refractivity contribution is 6.30. The molecule has 0 aliphatic carbocycles. The Morgan fingerprint density at radius 2 is 1.97 bits per heavy atom. The predicted octanol–water partition coefficient (Wildman–Crippen LogP) is 3.07. The number of aromatic amines is 1. The SMILES string of the molecule is COC(=O)[C@@H](Cc1c[nH]c2ccccc12)NC(=O)[C@H]1CC(=O)N(Cc2ccc(Cl)cc2)C1. The van der Waals surface area contributed by atoms with Crippen molar-refractivity contribution < 1.29 is 19.1 Å². The summed E-state index contributed by atoms with van der Waals surface area (Å²) < 4.78 is 4.92. The molecular weight excluding hydrogens is 430 g/mol. The zero-order valence-electron chi connectivity index (χ0n) is 17.6. The van der Waals surface area contributed by atoms with E-state index in [1.54, 1.807) is 17.0 Å². The Labute approximate surface area is 190 Å². The lowest BCUT2D eigenvalue weighted by Crippen LogP contribution is -2.46. The molecule has 2 aromatic carbocycles. The molecule has 2 heterocycles. The van der Waals surface area contributed by atoms with E-state index in [1.165, 1.54) is 7.11 Å². The van der Waals surface area contributed by atoms with Crippen LogP contribution < -0.4 is 5.32 Å². The van der Waals surface area contributed by atoms with Gasteiger partial charge in [0.1, 0.15) is 6.04 Å². The van der Waals surface area contributed by atoms with Crippen LogP contribution in [0, 0.1) is 5.92 Å². The predicted molar refractivity (Wildman–Crippen MR) is 121 cm³/mol. The van der Waals surface area contributed by atoms with Crippen molar-refractivity contribution in [1.82, 2.24) is 15.2 Å². The van der Waals surface area contributed by atoms with Crippen LogP contribution in [0.5, 0.6) is 0 Å². The van der Waals surface area contributed by atoms with Gasteiger partial charge in [0.15, 0.2) is 0 Å². The number of H-pyrrole nitrogens is 1. The number of rotatable bonds is 7. The quantitative estimate of drug-likeness (QED) is 0.538. The Morgan fingerprint density at radius 3 is 2.72 bits per heavy atom. The first-order valence-electron chi connectivity index (χ1n) is 10.4. The average Bonchev–Trinajstić information content (AvgIpc) is 3.38. The Bertz CT molecular complexity index is 1140. The van der Waals surface area contributed by atoms with Gasteiger partial charge in [-0.1, -0.05) is 41.9 Å². The molecule has 0 saturated carbocycles. The van der Waals surface area contributed by atoms with E-state index < -0.39 is 17.9 Å². The summed E-state index contributed by atoms with van der Waals surface area (Å²) in [6.45, 7) is 0.712. The van der Waals surface area contributed by atoms with Gasteiger partial charge in [0.25, 0.3) is 0 Å². The number of aromatic nitrogens is 1. The third kappa shape index (κ3) is 4.78. The van der Waals surface area contributed by atoms with E-state index in [0.29, 0.717) is 18.1 Å². The minimum atomic E-state index is -0.841. The second-order valence-corrected chi connectivity index (χ2v) is 8.39. The minimum absolute atomic E-state index is 0.0913. The number of ether oxygens (including phenoxy) is 1. The summed E-state index contributed by atoms with van der Waals surface area (Å²) >= 11 is 5.92.